The fourth-order valence-electron chi connectivity index (χ4n) is 2.36. The number of nitrogens with zero attached hydrogens (tertiary/aromatic N) is 2. The van der Waals surface area contributed by atoms with Gasteiger partial charge in [0.25, 0.3) is 5.91 Å². The molecule has 0 radical (unpaired) electrons. The Balaban J connectivity index is 2.26. The lowest BCUT2D eigenvalue weighted by Crippen LogP contribution is -2.43. The molecule has 1 N–H and O–H groups in total. The maximum absolute atomic E-state index is 12.3. The Morgan fingerprint density at radius 3 is 2.78 bits per heavy atom. The number of aliphatic carboxylic acids is 1. The second-order valence-corrected chi connectivity index (χ2v) is 4.71. The largest absolute Gasteiger partial charge is 0.480 e. The molecule has 2 rings (SSSR count). The molecule has 18 heavy (non-hydrogen) atoms. The Hall–Kier alpha value is -1.91. The summed E-state index contributed by atoms with van der Waals surface area (Å²) in [5.74, 6) is -1.26. The van der Waals surface area contributed by atoms with Gasteiger partial charge < -0.3 is 10.0 Å². The molecule has 2 unspecified atom stereocenters. The van der Waals surface area contributed by atoms with Gasteiger partial charge in [0.05, 0.1) is 0 Å². The van der Waals surface area contributed by atoms with Crippen molar-refractivity contribution < 1.29 is 14.7 Å². The number of likely N-dealkylation sites (tertiary alicyclic amines) is 1. The van der Waals surface area contributed by atoms with Crippen molar-refractivity contribution in [2.45, 2.75) is 26.3 Å². The van der Waals surface area contributed by atoms with Gasteiger partial charge in [-0.15, -0.1) is 0 Å². The smallest absolute Gasteiger partial charge is 0.326 e. The summed E-state index contributed by atoms with van der Waals surface area (Å²) in [5, 5.41) is 9.19. The van der Waals surface area contributed by atoms with E-state index >= 15 is 0 Å². The number of amides is 1. The molecule has 2 atom stereocenters. The molecule has 0 aliphatic carbocycles. The molecule has 1 aromatic heterocycles. The van der Waals surface area contributed by atoms with Gasteiger partial charge in [-0.2, -0.15) is 0 Å². The number of carbonyl (C=O) groups is 2. The van der Waals surface area contributed by atoms with Crippen molar-refractivity contribution in [3.05, 3.63) is 29.6 Å². The maximum Gasteiger partial charge on any atom is 0.326 e. The van der Waals surface area contributed by atoms with Crippen molar-refractivity contribution in [2.75, 3.05) is 6.54 Å². The molecule has 2 heterocycles. The fraction of sp³-hybridized carbons (Fsp3) is 0.462. The first-order valence-electron chi connectivity index (χ1n) is 5.98. The molecule has 1 saturated heterocycles. The third-order valence-electron chi connectivity index (χ3n) is 3.32. The van der Waals surface area contributed by atoms with Crippen LogP contribution < -0.4 is 0 Å². The van der Waals surface area contributed by atoms with Crippen LogP contribution >= 0.6 is 0 Å². The second-order valence-electron chi connectivity index (χ2n) is 4.71. The predicted molar refractivity (Wildman–Crippen MR) is 65.2 cm³/mol. The van der Waals surface area contributed by atoms with Crippen molar-refractivity contribution in [3.8, 4) is 0 Å². The van der Waals surface area contributed by atoms with E-state index in [9.17, 15) is 14.7 Å². The molecule has 0 aromatic carbocycles. The molecule has 96 valence electrons. The zero-order valence-electron chi connectivity index (χ0n) is 10.5. The van der Waals surface area contributed by atoms with Crippen molar-refractivity contribution in [1.29, 1.82) is 0 Å². The molecule has 1 aliphatic rings. The summed E-state index contributed by atoms with van der Waals surface area (Å²) in [6, 6.07) is 4.44. The summed E-state index contributed by atoms with van der Waals surface area (Å²) in [5.41, 5.74) is 1.07. The maximum atomic E-state index is 12.3. The summed E-state index contributed by atoms with van der Waals surface area (Å²) in [6.45, 7) is 4.14. The molecule has 0 spiro atoms. The lowest BCUT2D eigenvalue weighted by molar-refractivity contribution is -0.142. The highest BCUT2D eigenvalue weighted by Crippen LogP contribution is 2.25. The SMILES string of the molecule is Cc1cccc(C(=O)N2CCC(C)C2C(=O)O)n1. The lowest BCUT2D eigenvalue weighted by Gasteiger charge is -2.23. The van der Waals surface area contributed by atoms with E-state index in [0.29, 0.717) is 18.7 Å². The average molecular weight is 248 g/mol. The van der Waals surface area contributed by atoms with Crippen LogP contribution in [-0.4, -0.2) is 39.5 Å². The first-order chi connectivity index (χ1) is 8.50. The topological polar surface area (TPSA) is 70.5 Å². The van der Waals surface area contributed by atoms with Crippen LogP contribution in [-0.2, 0) is 4.79 Å². The van der Waals surface area contributed by atoms with Crippen LogP contribution in [0.5, 0.6) is 0 Å². The number of rotatable bonds is 2. The van der Waals surface area contributed by atoms with Crippen LogP contribution in [0.2, 0.25) is 0 Å². The van der Waals surface area contributed by atoms with Gasteiger partial charge >= 0.3 is 5.97 Å². The Morgan fingerprint density at radius 2 is 2.17 bits per heavy atom. The molecule has 0 bridgehead atoms. The minimum Gasteiger partial charge on any atom is -0.480 e. The van der Waals surface area contributed by atoms with E-state index in [1.165, 1.54) is 4.90 Å². The Kier molecular flexibility index (Phi) is 3.32. The zero-order valence-corrected chi connectivity index (χ0v) is 10.5. The van der Waals surface area contributed by atoms with E-state index in [4.69, 9.17) is 0 Å². The summed E-state index contributed by atoms with van der Waals surface area (Å²) >= 11 is 0. The fourth-order valence-corrected chi connectivity index (χ4v) is 2.36. The van der Waals surface area contributed by atoms with Crippen LogP contribution in [0.25, 0.3) is 0 Å². The highest BCUT2D eigenvalue weighted by molar-refractivity contribution is 5.95. The Labute approximate surface area is 105 Å². The average Bonchev–Trinajstić information content (AvgIpc) is 2.70. The van der Waals surface area contributed by atoms with Gasteiger partial charge in [0.15, 0.2) is 0 Å². The molecule has 5 heteroatoms. The van der Waals surface area contributed by atoms with Gasteiger partial charge in [-0.1, -0.05) is 13.0 Å². The standard InChI is InChI=1S/C13H16N2O3/c1-8-6-7-15(11(8)13(17)18)12(16)10-5-3-4-9(2)14-10/h3-5,8,11H,6-7H2,1-2H3,(H,17,18). The van der Waals surface area contributed by atoms with Crippen molar-refractivity contribution >= 4 is 11.9 Å². The second kappa shape index (κ2) is 4.76. The number of aromatic nitrogens is 1. The van der Waals surface area contributed by atoms with Crippen LogP contribution in [0.4, 0.5) is 0 Å². The number of hydrogen-bond acceptors (Lipinski definition) is 3. The van der Waals surface area contributed by atoms with Gasteiger partial charge in [-0.3, -0.25) is 4.79 Å². The summed E-state index contributed by atoms with van der Waals surface area (Å²) in [4.78, 5) is 29.0. The molecule has 5 nitrogen and oxygen atoms in total. The molecular weight excluding hydrogens is 232 g/mol. The van der Waals surface area contributed by atoms with Crippen molar-refractivity contribution in [2.24, 2.45) is 5.92 Å². The molecule has 0 saturated carbocycles. The molecule has 1 aliphatic heterocycles. The molecule has 1 fully saturated rings. The zero-order chi connectivity index (χ0) is 13.3. The number of carbonyl (C=O) groups excluding carboxylic acids is 1. The highest BCUT2D eigenvalue weighted by atomic mass is 16.4. The quantitative estimate of drug-likeness (QED) is 0.857. The van der Waals surface area contributed by atoms with E-state index in [1.807, 2.05) is 6.92 Å². The molecule has 1 amide bonds. The minimum atomic E-state index is -0.944. The first kappa shape index (κ1) is 12.5. The highest BCUT2D eigenvalue weighted by Gasteiger charge is 2.40. The normalized spacial score (nSPS) is 23.1. The number of carboxylic acids is 1. The van der Waals surface area contributed by atoms with Crippen molar-refractivity contribution in [1.82, 2.24) is 9.88 Å². The molecular formula is C13H16N2O3. The Bertz CT molecular complexity index is 487. The van der Waals surface area contributed by atoms with Crippen LogP contribution in [0.15, 0.2) is 18.2 Å². The summed E-state index contributed by atoms with van der Waals surface area (Å²) < 4.78 is 0. The third-order valence-corrected chi connectivity index (χ3v) is 3.32. The summed E-state index contributed by atoms with van der Waals surface area (Å²) in [6.07, 6.45) is 0.717. The van der Waals surface area contributed by atoms with Gasteiger partial charge in [0.1, 0.15) is 11.7 Å². The number of aryl methyl sites for hydroxylation is 1. The van der Waals surface area contributed by atoms with E-state index in [2.05, 4.69) is 4.98 Å². The Morgan fingerprint density at radius 1 is 1.44 bits per heavy atom. The van der Waals surface area contributed by atoms with Gasteiger partial charge in [-0.05, 0) is 31.4 Å². The monoisotopic (exact) mass is 248 g/mol. The first-order valence-corrected chi connectivity index (χ1v) is 5.98. The molecule has 1 aromatic rings. The van der Waals surface area contributed by atoms with E-state index in [1.54, 1.807) is 25.1 Å². The number of carboxylic acid groups (broad SMARTS) is 1. The van der Waals surface area contributed by atoms with Gasteiger partial charge in [0, 0.05) is 12.2 Å². The lowest BCUT2D eigenvalue weighted by atomic mass is 10.0. The van der Waals surface area contributed by atoms with Crippen LogP contribution in [0.1, 0.15) is 29.5 Å². The van der Waals surface area contributed by atoms with E-state index in [-0.39, 0.29) is 11.8 Å². The third kappa shape index (κ3) is 2.20. The van der Waals surface area contributed by atoms with Crippen molar-refractivity contribution in [3.63, 3.8) is 0 Å². The summed E-state index contributed by atoms with van der Waals surface area (Å²) in [7, 11) is 0. The number of pyridine rings is 1. The van der Waals surface area contributed by atoms with E-state index in [0.717, 1.165) is 5.69 Å². The van der Waals surface area contributed by atoms with Gasteiger partial charge in [-0.25, -0.2) is 9.78 Å². The predicted octanol–water partition coefficient (Wildman–Crippen LogP) is 1.33. The van der Waals surface area contributed by atoms with E-state index < -0.39 is 12.0 Å². The van der Waals surface area contributed by atoms with Gasteiger partial charge in [0.2, 0.25) is 0 Å². The van der Waals surface area contributed by atoms with Crippen LogP contribution in [0.3, 0.4) is 0 Å². The van der Waals surface area contributed by atoms with Crippen LogP contribution in [0, 0.1) is 12.8 Å². The minimum absolute atomic E-state index is 0.0174. The number of hydrogen-bond donors (Lipinski definition) is 1.